The lowest BCUT2D eigenvalue weighted by molar-refractivity contribution is 0.138. The first-order valence-corrected chi connectivity index (χ1v) is 11.4. The van der Waals surface area contributed by atoms with Crippen LogP contribution in [0.2, 0.25) is 0 Å². The molecule has 1 heterocycles. The number of hydrogen-bond acceptors (Lipinski definition) is 5. The summed E-state index contributed by atoms with van der Waals surface area (Å²) in [6, 6.07) is 10.8. The monoisotopic (exact) mass is 463 g/mol. The van der Waals surface area contributed by atoms with Crippen LogP contribution in [-0.2, 0) is 12.8 Å². The number of aliphatic hydroxyl groups is 1. The first-order chi connectivity index (χ1) is 13.3. The van der Waals surface area contributed by atoms with Crippen LogP contribution in [0.4, 0.5) is 0 Å². The van der Waals surface area contributed by atoms with Gasteiger partial charge < -0.3 is 10.4 Å². The molecule has 1 aromatic heterocycles. The minimum Gasteiger partial charge on any atom is -0.390 e. The molecule has 1 atom stereocenters. The van der Waals surface area contributed by atoms with Crippen molar-refractivity contribution in [2.75, 3.05) is 20.1 Å². The van der Waals surface area contributed by atoms with Gasteiger partial charge in [0.05, 0.1) is 6.10 Å². The fourth-order valence-corrected chi connectivity index (χ4v) is 5.41. The summed E-state index contributed by atoms with van der Waals surface area (Å²) in [5, 5.41) is 14.1. The van der Waals surface area contributed by atoms with Crippen LogP contribution in [-0.4, -0.2) is 46.2 Å². The molecule has 2 aromatic rings. The van der Waals surface area contributed by atoms with E-state index in [0.717, 1.165) is 15.8 Å². The molecule has 0 radical (unpaired) electrons. The van der Waals surface area contributed by atoms with E-state index >= 15 is 0 Å². The summed E-state index contributed by atoms with van der Waals surface area (Å²) >= 11 is 5.03. The maximum absolute atomic E-state index is 10.5. The molecule has 152 valence electrons. The first kappa shape index (κ1) is 21.8. The van der Waals surface area contributed by atoms with Crippen LogP contribution in [0.1, 0.15) is 31.4 Å². The van der Waals surface area contributed by atoms with Gasteiger partial charge in [0.15, 0.2) is 0 Å². The Labute approximate surface area is 181 Å². The molecule has 0 saturated carbocycles. The van der Waals surface area contributed by atoms with E-state index in [1.807, 2.05) is 19.3 Å². The summed E-state index contributed by atoms with van der Waals surface area (Å²) in [6.45, 7) is 5.67. The van der Waals surface area contributed by atoms with Crippen molar-refractivity contribution in [1.29, 1.82) is 0 Å². The van der Waals surface area contributed by atoms with Crippen LogP contribution in [0.15, 0.2) is 52.1 Å². The van der Waals surface area contributed by atoms with Gasteiger partial charge in [-0.3, -0.25) is 4.98 Å². The molecular weight excluding hydrogens is 434 g/mol. The zero-order chi connectivity index (χ0) is 20.1. The summed E-state index contributed by atoms with van der Waals surface area (Å²) in [7, 11) is 2.00. The number of likely N-dealkylation sites (N-methyl/N-ethyl adjacent to an activating group) is 1. The number of pyridine rings is 1. The van der Waals surface area contributed by atoms with Crippen molar-refractivity contribution in [3.8, 4) is 0 Å². The highest BCUT2D eigenvalue weighted by Crippen LogP contribution is 2.32. The van der Waals surface area contributed by atoms with E-state index in [9.17, 15) is 5.11 Å². The highest BCUT2D eigenvalue weighted by atomic mass is 79.9. The largest absolute Gasteiger partial charge is 0.390 e. The van der Waals surface area contributed by atoms with E-state index in [2.05, 4.69) is 68.6 Å². The minimum atomic E-state index is -0.419. The number of aromatic nitrogens is 1. The van der Waals surface area contributed by atoms with Crippen LogP contribution >= 0.6 is 27.9 Å². The molecule has 1 aliphatic carbocycles. The Bertz CT molecular complexity index is 761. The molecule has 0 saturated heterocycles. The molecule has 0 aliphatic heterocycles. The number of β-amino-alcohol motifs (C(OH)–C–C–N with tert-alkyl or cyclic N) is 1. The molecule has 3 rings (SSSR count). The lowest BCUT2D eigenvalue weighted by atomic mass is 9.88. The van der Waals surface area contributed by atoms with Gasteiger partial charge >= 0.3 is 0 Å². The van der Waals surface area contributed by atoms with E-state index < -0.39 is 6.10 Å². The van der Waals surface area contributed by atoms with Gasteiger partial charge in [-0.2, -0.15) is 0 Å². The van der Waals surface area contributed by atoms with E-state index in [1.165, 1.54) is 24.0 Å². The molecule has 0 spiro atoms. The molecular formula is C22H30BrN3OS. The Morgan fingerprint density at radius 2 is 1.96 bits per heavy atom. The van der Waals surface area contributed by atoms with Gasteiger partial charge in [0.1, 0.15) is 0 Å². The lowest BCUT2D eigenvalue weighted by Crippen LogP contribution is -2.46. The lowest BCUT2D eigenvalue weighted by Gasteiger charge is -2.31. The molecule has 0 unspecified atom stereocenters. The number of benzene rings is 1. The molecule has 1 aromatic carbocycles. The summed E-state index contributed by atoms with van der Waals surface area (Å²) in [6.07, 6.45) is 6.64. The van der Waals surface area contributed by atoms with E-state index in [4.69, 9.17) is 0 Å². The number of halogens is 1. The second kappa shape index (κ2) is 9.72. The predicted octanol–water partition coefficient (Wildman–Crippen LogP) is 4.32. The summed E-state index contributed by atoms with van der Waals surface area (Å²) < 4.78 is 3.01. The Morgan fingerprint density at radius 3 is 2.61 bits per heavy atom. The maximum Gasteiger partial charge on any atom is 0.0800 e. The topological polar surface area (TPSA) is 48.4 Å². The van der Waals surface area contributed by atoms with E-state index in [0.29, 0.717) is 19.0 Å². The average Bonchev–Trinajstić information content (AvgIpc) is 3.01. The van der Waals surface area contributed by atoms with Crippen molar-refractivity contribution in [2.45, 2.75) is 49.6 Å². The predicted molar refractivity (Wildman–Crippen MR) is 120 cm³/mol. The molecule has 6 heteroatoms. The van der Waals surface area contributed by atoms with Crippen molar-refractivity contribution < 1.29 is 5.11 Å². The van der Waals surface area contributed by atoms with Gasteiger partial charge in [-0.25, -0.2) is 4.31 Å². The van der Waals surface area contributed by atoms with Crippen molar-refractivity contribution in [3.05, 3.63) is 58.3 Å². The van der Waals surface area contributed by atoms with Crippen LogP contribution < -0.4 is 5.32 Å². The van der Waals surface area contributed by atoms with Crippen molar-refractivity contribution in [3.63, 3.8) is 0 Å². The Balaban J connectivity index is 1.41. The van der Waals surface area contributed by atoms with Gasteiger partial charge in [-0.05, 0) is 91.1 Å². The van der Waals surface area contributed by atoms with Crippen LogP contribution in [0, 0.1) is 5.92 Å². The maximum atomic E-state index is 10.5. The van der Waals surface area contributed by atoms with Gasteiger partial charge in [0.25, 0.3) is 0 Å². The Kier molecular flexibility index (Phi) is 7.56. The number of rotatable bonds is 9. The van der Waals surface area contributed by atoms with Crippen molar-refractivity contribution in [2.24, 2.45) is 5.92 Å². The van der Waals surface area contributed by atoms with Crippen LogP contribution in [0.5, 0.6) is 0 Å². The number of hydrogen-bond donors (Lipinski definition) is 2. The standard InChI is InChI=1S/C22H30BrN3OS/c1-22(2,11-16-8-17-6-4-5-7-18(17)9-16)25-13-20(27)15-26(3)28-21-10-19(23)12-24-14-21/h4-7,10,12,14,16,20,25,27H,8-9,11,13,15H2,1-3H3/t20-/m1/s1. The molecule has 2 N–H and O–H groups in total. The number of nitrogens with one attached hydrogen (secondary N) is 1. The zero-order valence-corrected chi connectivity index (χ0v) is 19.3. The number of aliphatic hydroxyl groups excluding tert-OH is 1. The summed E-state index contributed by atoms with van der Waals surface area (Å²) in [5.41, 5.74) is 3.02. The Hall–Kier alpha value is -0.920. The fourth-order valence-electron chi connectivity index (χ4n) is 4.00. The molecule has 4 nitrogen and oxygen atoms in total. The fraction of sp³-hybridized carbons (Fsp3) is 0.500. The van der Waals surface area contributed by atoms with Gasteiger partial charge in [-0.15, -0.1) is 0 Å². The molecule has 0 bridgehead atoms. The molecule has 0 amide bonds. The van der Waals surface area contributed by atoms with Crippen molar-refractivity contribution >= 4 is 27.9 Å². The van der Waals surface area contributed by atoms with Crippen LogP contribution in [0.3, 0.4) is 0 Å². The third-order valence-electron chi connectivity index (χ3n) is 5.16. The number of nitrogens with zero attached hydrogens (tertiary/aromatic N) is 2. The van der Waals surface area contributed by atoms with E-state index in [-0.39, 0.29) is 5.54 Å². The van der Waals surface area contributed by atoms with Crippen LogP contribution in [0.25, 0.3) is 0 Å². The second-order valence-corrected chi connectivity index (χ2v) is 10.6. The van der Waals surface area contributed by atoms with Gasteiger partial charge in [-0.1, -0.05) is 24.3 Å². The second-order valence-electron chi connectivity index (χ2n) is 8.41. The third kappa shape index (κ3) is 6.56. The normalized spacial score (nSPS) is 15.8. The highest BCUT2D eigenvalue weighted by molar-refractivity contribution is 9.10. The van der Waals surface area contributed by atoms with E-state index in [1.54, 1.807) is 18.1 Å². The van der Waals surface area contributed by atoms with Gasteiger partial charge in [0, 0.05) is 40.4 Å². The average molecular weight is 464 g/mol. The van der Waals surface area contributed by atoms with Crippen molar-refractivity contribution in [1.82, 2.24) is 14.6 Å². The molecule has 28 heavy (non-hydrogen) atoms. The number of fused-ring (bicyclic) bond motifs is 1. The first-order valence-electron chi connectivity index (χ1n) is 9.80. The Morgan fingerprint density at radius 1 is 1.29 bits per heavy atom. The van der Waals surface area contributed by atoms with Gasteiger partial charge in [0.2, 0.25) is 0 Å². The summed E-state index contributed by atoms with van der Waals surface area (Å²) in [4.78, 5) is 5.23. The minimum absolute atomic E-state index is 0.00756. The summed E-state index contributed by atoms with van der Waals surface area (Å²) in [5.74, 6) is 0.680. The zero-order valence-electron chi connectivity index (χ0n) is 16.9. The molecule has 1 aliphatic rings. The third-order valence-corrected chi connectivity index (χ3v) is 6.49. The smallest absolute Gasteiger partial charge is 0.0800 e. The highest BCUT2D eigenvalue weighted by Gasteiger charge is 2.28. The SMILES string of the molecule is CN(C[C@H](O)CNC(C)(C)CC1Cc2ccccc2C1)Sc1cncc(Br)c1. The quantitative estimate of drug-likeness (QED) is 0.542. The molecule has 0 fully saturated rings.